The van der Waals surface area contributed by atoms with Crippen LogP contribution in [0.3, 0.4) is 0 Å². The lowest BCUT2D eigenvalue weighted by atomic mass is 10.1. The maximum Gasteiger partial charge on any atom is 0.308 e. The molecule has 36 heavy (non-hydrogen) atoms. The molecule has 0 bridgehead atoms. The predicted molar refractivity (Wildman–Crippen MR) is 138 cm³/mol. The summed E-state index contributed by atoms with van der Waals surface area (Å²) >= 11 is 33.8. The Labute approximate surface area is 238 Å². The number of rotatable bonds is 15. The summed E-state index contributed by atoms with van der Waals surface area (Å²) in [5, 5.41) is 19.6. The first-order chi connectivity index (χ1) is 17.0. The van der Waals surface area contributed by atoms with Gasteiger partial charge in [-0.05, 0) is 12.8 Å². The van der Waals surface area contributed by atoms with E-state index in [-0.39, 0.29) is 23.6 Å². The molecule has 2 rings (SSSR count). The molecule has 2 aromatic heterocycles. The Hall–Kier alpha value is -1.04. The minimum absolute atomic E-state index is 0.235. The van der Waals surface area contributed by atoms with Gasteiger partial charge >= 0.3 is 23.6 Å². The Bertz CT molecular complexity index is 883. The van der Waals surface area contributed by atoms with E-state index in [1.807, 2.05) is 0 Å². The second kappa shape index (κ2) is 15.4. The van der Waals surface area contributed by atoms with Crippen molar-refractivity contribution >= 4 is 81.4 Å². The molecule has 0 fully saturated rings. The Kier molecular flexibility index (Phi) is 13.3. The lowest BCUT2D eigenvalue weighted by Crippen LogP contribution is -2.24. The molecule has 2 amide bonds. The molecular formula is C20H26Cl6N6O4. The van der Waals surface area contributed by atoms with E-state index in [0.717, 1.165) is 64.2 Å². The maximum absolute atomic E-state index is 11.9. The van der Waals surface area contributed by atoms with Crippen molar-refractivity contribution < 1.29 is 18.4 Å². The summed E-state index contributed by atoms with van der Waals surface area (Å²) in [5.74, 6) is -1.95. The van der Waals surface area contributed by atoms with Gasteiger partial charge in [-0.2, -0.15) is 0 Å². The van der Waals surface area contributed by atoms with E-state index >= 15 is 0 Å². The van der Waals surface area contributed by atoms with Crippen molar-refractivity contribution in [2.45, 2.75) is 71.8 Å². The summed E-state index contributed by atoms with van der Waals surface area (Å²) in [6.07, 6.45) is 10.5. The van der Waals surface area contributed by atoms with Crippen molar-refractivity contribution in [3.05, 3.63) is 23.6 Å². The van der Waals surface area contributed by atoms with E-state index in [1.54, 1.807) is 0 Å². The first-order valence-electron chi connectivity index (χ1n) is 11.4. The van der Waals surface area contributed by atoms with Crippen LogP contribution >= 0.6 is 69.6 Å². The van der Waals surface area contributed by atoms with Gasteiger partial charge < -0.3 is 19.5 Å². The predicted octanol–water partition coefficient (Wildman–Crippen LogP) is 6.17. The van der Waals surface area contributed by atoms with Crippen molar-refractivity contribution in [3.63, 3.8) is 0 Å². The van der Waals surface area contributed by atoms with Crippen LogP contribution in [0.2, 0.25) is 0 Å². The third-order valence-corrected chi connectivity index (χ3v) is 5.87. The molecule has 0 aliphatic carbocycles. The molecule has 0 aliphatic heterocycles. The molecule has 16 heteroatoms. The zero-order valence-corrected chi connectivity index (χ0v) is 23.7. The Morgan fingerprint density at radius 3 is 1.14 bits per heavy atom. The van der Waals surface area contributed by atoms with Crippen LogP contribution in [0.25, 0.3) is 0 Å². The van der Waals surface area contributed by atoms with E-state index in [2.05, 4.69) is 31.0 Å². The largest absolute Gasteiger partial charge is 0.412 e. The molecular weight excluding hydrogens is 601 g/mol. The number of hydrogen-bond donors (Lipinski definition) is 2. The van der Waals surface area contributed by atoms with Crippen molar-refractivity contribution in [3.8, 4) is 0 Å². The van der Waals surface area contributed by atoms with E-state index < -0.39 is 19.4 Å². The van der Waals surface area contributed by atoms with Crippen LogP contribution in [0, 0.1) is 0 Å². The third-order valence-electron chi connectivity index (χ3n) is 4.90. The Morgan fingerprint density at radius 2 is 0.861 bits per heavy atom. The zero-order valence-electron chi connectivity index (χ0n) is 19.2. The van der Waals surface area contributed by atoms with E-state index in [4.69, 9.17) is 78.4 Å². The van der Waals surface area contributed by atoms with Crippen LogP contribution in [0.5, 0.6) is 0 Å². The number of carbonyl (C=O) groups excluding carboxylic acids is 2. The van der Waals surface area contributed by atoms with Crippen LogP contribution in [0.4, 0.5) is 0 Å². The fourth-order valence-electron chi connectivity index (χ4n) is 3.08. The van der Waals surface area contributed by atoms with Crippen molar-refractivity contribution in [2.24, 2.45) is 0 Å². The molecule has 2 N–H and O–H groups in total. The van der Waals surface area contributed by atoms with Crippen LogP contribution in [-0.2, 0) is 7.59 Å². The molecule has 2 heterocycles. The average molecular weight is 627 g/mol. The number of aromatic nitrogens is 4. The van der Waals surface area contributed by atoms with Gasteiger partial charge in [-0.1, -0.05) is 121 Å². The molecule has 0 aromatic carbocycles. The number of halogens is 6. The molecule has 0 aliphatic rings. The minimum atomic E-state index is -1.86. The second-order valence-corrected chi connectivity index (χ2v) is 12.4. The summed E-state index contributed by atoms with van der Waals surface area (Å²) in [6.45, 7) is 1.00. The van der Waals surface area contributed by atoms with Crippen LogP contribution < -0.4 is 10.6 Å². The molecule has 0 unspecified atom stereocenters. The molecule has 202 valence electrons. The molecule has 10 nitrogen and oxygen atoms in total. The first kappa shape index (κ1) is 31.2. The van der Waals surface area contributed by atoms with Gasteiger partial charge in [-0.15, -0.1) is 20.4 Å². The highest BCUT2D eigenvalue weighted by Crippen LogP contribution is 2.37. The van der Waals surface area contributed by atoms with Crippen molar-refractivity contribution in [1.82, 2.24) is 31.0 Å². The fraction of sp³-hybridized carbons (Fsp3) is 0.700. The smallest absolute Gasteiger partial charge is 0.308 e. The van der Waals surface area contributed by atoms with E-state index in [0.29, 0.717) is 13.1 Å². The van der Waals surface area contributed by atoms with Gasteiger partial charge in [0.05, 0.1) is 0 Å². The zero-order chi connectivity index (χ0) is 26.6. The molecule has 0 spiro atoms. The number of nitrogens with one attached hydrogen (secondary N) is 2. The molecule has 0 atom stereocenters. The number of amides is 2. The summed E-state index contributed by atoms with van der Waals surface area (Å²) in [6, 6.07) is 0. The normalized spacial score (nSPS) is 12.1. The van der Waals surface area contributed by atoms with Crippen LogP contribution in [0.1, 0.15) is 97.4 Å². The Balaban J connectivity index is 1.39. The Morgan fingerprint density at radius 1 is 0.556 bits per heavy atom. The average Bonchev–Trinajstić information content (AvgIpc) is 3.49. The van der Waals surface area contributed by atoms with Gasteiger partial charge in [0.15, 0.2) is 0 Å². The van der Waals surface area contributed by atoms with Gasteiger partial charge in [-0.3, -0.25) is 9.59 Å². The van der Waals surface area contributed by atoms with Crippen molar-refractivity contribution in [2.75, 3.05) is 13.1 Å². The van der Waals surface area contributed by atoms with Gasteiger partial charge in [0.1, 0.15) is 0 Å². The quantitative estimate of drug-likeness (QED) is 0.177. The maximum atomic E-state index is 11.9. The van der Waals surface area contributed by atoms with Gasteiger partial charge in [0.25, 0.3) is 19.4 Å². The highest BCUT2D eigenvalue weighted by Gasteiger charge is 2.32. The van der Waals surface area contributed by atoms with Crippen LogP contribution in [0.15, 0.2) is 8.83 Å². The lowest BCUT2D eigenvalue weighted by molar-refractivity contribution is 0.0909. The highest BCUT2D eigenvalue weighted by molar-refractivity contribution is 6.66. The molecule has 0 saturated carbocycles. The SMILES string of the molecule is O=C(NCCCCCCCCCCCCNC(=O)c1nnc(C(Cl)(Cl)Cl)o1)c1nnc(C(Cl)(Cl)Cl)o1. The summed E-state index contributed by atoms with van der Waals surface area (Å²) in [7, 11) is 0. The first-order valence-corrected chi connectivity index (χ1v) is 13.6. The number of hydrogen-bond acceptors (Lipinski definition) is 8. The van der Waals surface area contributed by atoms with Crippen molar-refractivity contribution in [1.29, 1.82) is 0 Å². The number of unbranched alkanes of at least 4 members (excludes halogenated alkanes) is 9. The molecule has 0 saturated heterocycles. The van der Waals surface area contributed by atoms with Gasteiger partial charge in [0.2, 0.25) is 0 Å². The molecule has 2 aromatic rings. The number of alkyl halides is 6. The third kappa shape index (κ3) is 11.6. The van der Waals surface area contributed by atoms with Gasteiger partial charge in [-0.25, -0.2) is 0 Å². The standard InChI is InChI=1S/C20H26Cl6N6O4/c21-19(22,23)17-31-29-15(35-17)13(33)27-11-9-7-5-3-1-2-4-6-8-10-12-28-14(34)16-30-32-18(36-16)20(24,25)26/h1-12H2,(H,27,33)(H,28,34). The van der Waals surface area contributed by atoms with Gasteiger partial charge in [0, 0.05) is 13.1 Å². The number of nitrogens with zero attached hydrogens (tertiary/aromatic N) is 4. The van der Waals surface area contributed by atoms with Crippen LogP contribution in [-0.4, -0.2) is 45.3 Å². The van der Waals surface area contributed by atoms with E-state index in [1.165, 1.54) is 0 Å². The van der Waals surface area contributed by atoms with E-state index in [9.17, 15) is 9.59 Å². The minimum Gasteiger partial charge on any atom is -0.412 e. The summed E-state index contributed by atoms with van der Waals surface area (Å²) < 4.78 is 6.37. The lowest BCUT2D eigenvalue weighted by Gasteiger charge is -2.05. The molecule has 0 radical (unpaired) electrons. The highest BCUT2D eigenvalue weighted by atomic mass is 35.6. The fourth-order valence-corrected chi connectivity index (χ4v) is 3.54. The number of carbonyl (C=O) groups is 2. The summed E-state index contributed by atoms with van der Waals surface area (Å²) in [4.78, 5) is 23.9. The monoisotopic (exact) mass is 624 g/mol. The summed E-state index contributed by atoms with van der Waals surface area (Å²) in [5.41, 5.74) is 0. The topological polar surface area (TPSA) is 136 Å². The second-order valence-electron chi connectivity index (χ2n) is 7.87.